The third-order valence-corrected chi connectivity index (χ3v) is 4.62. The summed E-state index contributed by atoms with van der Waals surface area (Å²) in [5, 5.41) is 0. The molecule has 1 unspecified atom stereocenters. The molecule has 0 radical (unpaired) electrons. The van der Waals surface area contributed by atoms with Gasteiger partial charge in [-0.2, -0.15) is 0 Å². The molecule has 3 rings (SSSR count). The summed E-state index contributed by atoms with van der Waals surface area (Å²) in [4.78, 5) is 14.1. The summed E-state index contributed by atoms with van der Waals surface area (Å²) in [6.45, 7) is 6.53. The molecule has 0 aliphatic carbocycles. The normalized spacial score (nSPS) is 24.3. The molecule has 1 atom stereocenters. The van der Waals surface area contributed by atoms with Crippen molar-refractivity contribution in [3.8, 4) is 0 Å². The maximum absolute atomic E-state index is 5.86. The summed E-state index contributed by atoms with van der Waals surface area (Å²) >= 11 is 5.86. The van der Waals surface area contributed by atoms with Gasteiger partial charge < -0.3 is 4.90 Å². The van der Waals surface area contributed by atoms with Crippen molar-refractivity contribution in [1.82, 2.24) is 14.9 Å². The van der Waals surface area contributed by atoms with Crippen molar-refractivity contribution in [3.63, 3.8) is 0 Å². The smallest absolute Gasteiger partial charge is 0.225 e. The number of piperidine rings is 1. The van der Waals surface area contributed by atoms with E-state index in [2.05, 4.69) is 19.8 Å². The molecule has 2 fully saturated rings. The number of halogens is 1. The fourth-order valence-electron chi connectivity index (χ4n) is 3.10. The average molecular weight is 281 g/mol. The molecule has 0 aromatic carbocycles. The van der Waals surface area contributed by atoms with E-state index in [9.17, 15) is 0 Å². The topological polar surface area (TPSA) is 32.3 Å². The number of fused-ring (bicyclic) bond motifs is 1. The largest absolute Gasteiger partial charge is 0.338 e. The first-order valence-electron chi connectivity index (χ1n) is 7.15. The third kappa shape index (κ3) is 2.70. The van der Waals surface area contributed by atoms with Crippen molar-refractivity contribution in [2.45, 2.75) is 38.1 Å². The maximum Gasteiger partial charge on any atom is 0.225 e. The zero-order valence-corrected chi connectivity index (χ0v) is 12.2. The first-order chi connectivity index (χ1) is 9.28. The van der Waals surface area contributed by atoms with E-state index in [1.54, 1.807) is 0 Å². The number of anilines is 1. The molecule has 4 nitrogen and oxygen atoms in total. The summed E-state index contributed by atoms with van der Waals surface area (Å²) in [5.74, 6) is 1.36. The second kappa shape index (κ2) is 5.63. The van der Waals surface area contributed by atoms with Crippen LogP contribution in [0.25, 0.3) is 0 Å². The zero-order chi connectivity index (χ0) is 13.2. The molecule has 0 saturated carbocycles. The molecular formula is C14H21ClN4. The standard InChI is InChI=1S/C14H21ClN4/c1-11-12(8-15)9-16-14(17-11)19-7-6-18-5-3-2-4-13(18)10-19/h9,13H,2-8,10H2,1H3. The van der Waals surface area contributed by atoms with Crippen molar-refractivity contribution in [2.75, 3.05) is 31.1 Å². The lowest BCUT2D eigenvalue weighted by atomic mass is 10.00. The molecule has 2 aliphatic heterocycles. The van der Waals surface area contributed by atoms with Crippen LogP contribution in [0.4, 0.5) is 5.95 Å². The highest BCUT2D eigenvalue weighted by atomic mass is 35.5. The quantitative estimate of drug-likeness (QED) is 0.778. The number of aryl methyl sites for hydroxylation is 1. The summed E-state index contributed by atoms with van der Waals surface area (Å²) in [6, 6.07) is 0.694. The monoisotopic (exact) mass is 280 g/mol. The van der Waals surface area contributed by atoms with Crippen LogP contribution in [0, 0.1) is 6.92 Å². The van der Waals surface area contributed by atoms with Crippen LogP contribution in [-0.2, 0) is 5.88 Å². The van der Waals surface area contributed by atoms with Gasteiger partial charge >= 0.3 is 0 Å². The second-order valence-electron chi connectivity index (χ2n) is 5.55. The van der Waals surface area contributed by atoms with Gasteiger partial charge in [0.15, 0.2) is 0 Å². The van der Waals surface area contributed by atoms with Crippen molar-refractivity contribution in [3.05, 3.63) is 17.5 Å². The molecule has 104 valence electrons. The van der Waals surface area contributed by atoms with Gasteiger partial charge in [0, 0.05) is 43.1 Å². The average Bonchev–Trinajstić information content (AvgIpc) is 2.46. The van der Waals surface area contributed by atoms with E-state index in [1.165, 1.54) is 25.8 Å². The number of aromatic nitrogens is 2. The van der Waals surface area contributed by atoms with E-state index >= 15 is 0 Å². The molecular weight excluding hydrogens is 260 g/mol. The molecule has 0 N–H and O–H groups in total. The van der Waals surface area contributed by atoms with Gasteiger partial charge in [-0.25, -0.2) is 9.97 Å². The van der Waals surface area contributed by atoms with E-state index in [4.69, 9.17) is 11.6 Å². The van der Waals surface area contributed by atoms with Crippen molar-refractivity contribution in [1.29, 1.82) is 0 Å². The number of rotatable bonds is 2. The Morgan fingerprint density at radius 3 is 3.00 bits per heavy atom. The predicted molar refractivity (Wildman–Crippen MR) is 77.8 cm³/mol. The Kier molecular flexibility index (Phi) is 3.89. The Hall–Kier alpha value is -0.870. The van der Waals surface area contributed by atoms with E-state index in [0.29, 0.717) is 11.9 Å². The Morgan fingerprint density at radius 2 is 2.21 bits per heavy atom. The zero-order valence-electron chi connectivity index (χ0n) is 11.5. The van der Waals surface area contributed by atoms with Crippen molar-refractivity contribution in [2.24, 2.45) is 0 Å². The fraction of sp³-hybridized carbons (Fsp3) is 0.714. The Balaban J connectivity index is 1.74. The highest BCUT2D eigenvalue weighted by molar-refractivity contribution is 6.17. The molecule has 0 spiro atoms. The van der Waals surface area contributed by atoms with Gasteiger partial charge in [0.05, 0.1) is 5.88 Å². The molecule has 1 aromatic rings. The minimum atomic E-state index is 0.489. The minimum absolute atomic E-state index is 0.489. The van der Waals surface area contributed by atoms with Crippen molar-refractivity contribution >= 4 is 17.5 Å². The number of nitrogens with zero attached hydrogens (tertiary/aromatic N) is 4. The molecule has 2 aliphatic rings. The van der Waals surface area contributed by atoms with E-state index < -0.39 is 0 Å². The van der Waals surface area contributed by atoms with Gasteiger partial charge in [-0.1, -0.05) is 6.42 Å². The lowest BCUT2D eigenvalue weighted by Crippen LogP contribution is -2.55. The molecule has 0 bridgehead atoms. The molecule has 3 heterocycles. The lowest BCUT2D eigenvalue weighted by molar-refractivity contribution is 0.133. The van der Waals surface area contributed by atoms with Gasteiger partial charge in [-0.15, -0.1) is 11.6 Å². The fourth-order valence-corrected chi connectivity index (χ4v) is 3.36. The highest BCUT2D eigenvalue weighted by Gasteiger charge is 2.29. The van der Waals surface area contributed by atoms with Crippen molar-refractivity contribution < 1.29 is 0 Å². The van der Waals surface area contributed by atoms with Crippen LogP contribution in [0.5, 0.6) is 0 Å². The van der Waals surface area contributed by atoms with Crippen LogP contribution in [0.1, 0.15) is 30.5 Å². The number of alkyl halides is 1. The van der Waals surface area contributed by atoms with Crippen LogP contribution < -0.4 is 4.90 Å². The number of hydrogen-bond acceptors (Lipinski definition) is 4. The molecule has 5 heteroatoms. The van der Waals surface area contributed by atoms with Crippen LogP contribution in [0.15, 0.2) is 6.20 Å². The van der Waals surface area contributed by atoms with E-state index in [0.717, 1.165) is 36.8 Å². The summed E-state index contributed by atoms with van der Waals surface area (Å²) in [6.07, 6.45) is 5.91. The van der Waals surface area contributed by atoms with Gasteiger partial charge in [-0.05, 0) is 26.3 Å². The third-order valence-electron chi connectivity index (χ3n) is 4.33. The Bertz CT molecular complexity index is 451. The lowest BCUT2D eigenvalue weighted by Gasteiger charge is -2.44. The summed E-state index contributed by atoms with van der Waals surface area (Å²) in [7, 11) is 0. The SMILES string of the molecule is Cc1nc(N2CCN3CCCCC3C2)ncc1CCl. The van der Waals surface area contributed by atoms with Crippen LogP contribution in [0.2, 0.25) is 0 Å². The molecule has 0 amide bonds. The van der Waals surface area contributed by atoms with Crippen LogP contribution >= 0.6 is 11.6 Å². The second-order valence-corrected chi connectivity index (χ2v) is 5.81. The van der Waals surface area contributed by atoms with Gasteiger partial charge in [0.1, 0.15) is 0 Å². The van der Waals surface area contributed by atoms with Gasteiger partial charge in [0.25, 0.3) is 0 Å². The summed E-state index contributed by atoms with van der Waals surface area (Å²) < 4.78 is 0. The molecule has 19 heavy (non-hydrogen) atoms. The highest BCUT2D eigenvalue weighted by Crippen LogP contribution is 2.23. The Morgan fingerprint density at radius 1 is 1.32 bits per heavy atom. The van der Waals surface area contributed by atoms with Gasteiger partial charge in [0.2, 0.25) is 5.95 Å². The predicted octanol–water partition coefficient (Wildman–Crippen LogP) is 2.20. The number of hydrogen-bond donors (Lipinski definition) is 0. The first-order valence-corrected chi connectivity index (χ1v) is 7.69. The Labute approximate surface area is 119 Å². The van der Waals surface area contributed by atoms with Gasteiger partial charge in [-0.3, -0.25) is 4.90 Å². The number of piperazine rings is 1. The molecule has 2 saturated heterocycles. The first kappa shape index (κ1) is 13.1. The minimum Gasteiger partial charge on any atom is -0.338 e. The van der Waals surface area contributed by atoms with Crippen LogP contribution in [0.3, 0.4) is 0 Å². The summed E-state index contributed by atoms with van der Waals surface area (Å²) in [5.41, 5.74) is 2.03. The van der Waals surface area contributed by atoms with E-state index in [1.807, 2.05) is 13.1 Å². The van der Waals surface area contributed by atoms with E-state index in [-0.39, 0.29) is 0 Å². The molecule has 1 aromatic heterocycles. The van der Waals surface area contributed by atoms with Crippen LogP contribution in [-0.4, -0.2) is 47.1 Å². The maximum atomic E-state index is 5.86.